The summed E-state index contributed by atoms with van der Waals surface area (Å²) in [4.78, 5) is 12.0. The topological polar surface area (TPSA) is 63.3 Å². The molecular weight excluding hydrogens is 286 g/mol. The van der Waals surface area contributed by atoms with Crippen molar-refractivity contribution in [2.75, 3.05) is 6.61 Å². The van der Waals surface area contributed by atoms with Crippen molar-refractivity contribution in [3.05, 3.63) is 23.4 Å². The minimum Gasteiger partial charge on any atom is -0.396 e. The highest BCUT2D eigenvalue weighted by Gasteiger charge is 2.58. The Morgan fingerprint density at radius 2 is 2.00 bits per heavy atom. The van der Waals surface area contributed by atoms with Crippen LogP contribution in [0.4, 0.5) is 0 Å². The fourth-order valence-electron chi connectivity index (χ4n) is 6.59. The van der Waals surface area contributed by atoms with Gasteiger partial charge in [0.2, 0.25) is 0 Å². The predicted molar refractivity (Wildman–Crippen MR) is 90.3 cm³/mol. The molecule has 126 valence electrons. The molecule has 3 heteroatoms. The molecule has 0 unspecified atom stereocenters. The molecule has 0 aromatic heterocycles. The van der Waals surface area contributed by atoms with Gasteiger partial charge in [-0.2, -0.15) is 0 Å². The summed E-state index contributed by atoms with van der Waals surface area (Å²) in [5.41, 5.74) is 8.14. The number of carbonyl (C=O) groups is 1. The molecule has 3 N–H and O–H groups in total. The van der Waals surface area contributed by atoms with Gasteiger partial charge in [-0.1, -0.05) is 26.0 Å². The van der Waals surface area contributed by atoms with Crippen LogP contribution in [0.1, 0.15) is 52.4 Å². The largest absolute Gasteiger partial charge is 0.396 e. The van der Waals surface area contributed by atoms with E-state index in [-0.39, 0.29) is 16.6 Å². The minimum absolute atomic E-state index is 0.0655. The first-order valence-corrected chi connectivity index (χ1v) is 9.24. The van der Waals surface area contributed by atoms with Crippen molar-refractivity contribution in [2.24, 2.45) is 40.2 Å². The van der Waals surface area contributed by atoms with E-state index in [1.807, 2.05) is 0 Å². The molecule has 0 bridgehead atoms. The zero-order chi connectivity index (χ0) is 16.4. The van der Waals surface area contributed by atoms with Crippen LogP contribution in [-0.2, 0) is 4.79 Å². The fourth-order valence-corrected chi connectivity index (χ4v) is 6.59. The highest BCUT2D eigenvalue weighted by molar-refractivity contribution is 5.97. The molecule has 3 nitrogen and oxygen atoms in total. The van der Waals surface area contributed by atoms with E-state index in [9.17, 15) is 9.90 Å². The lowest BCUT2D eigenvalue weighted by Gasteiger charge is -2.56. The van der Waals surface area contributed by atoms with Gasteiger partial charge < -0.3 is 10.8 Å². The van der Waals surface area contributed by atoms with E-state index in [1.165, 1.54) is 19.3 Å². The van der Waals surface area contributed by atoms with Crippen LogP contribution >= 0.6 is 0 Å². The third kappa shape index (κ3) is 1.89. The average molecular weight is 315 g/mol. The molecule has 0 saturated heterocycles. The number of allylic oxidation sites excluding steroid dienone is 4. The van der Waals surface area contributed by atoms with Crippen molar-refractivity contribution in [1.29, 1.82) is 0 Å². The zero-order valence-electron chi connectivity index (χ0n) is 14.3. The summed E-state index contributed by atoms with van der Waals surface area (Å²) < 4.78 is 0. The summed E-state index contributed by atoms with van der Waals surface area (Å²) in [6.07, 6.45) is 10.9. The first kappa shape index (κ1) is 15.4. The molecule has 0 heterocycles. The summed E-state index contributed by atoms with van der Waals surface area (Å²) in [5.74, 6) is 2.45. The van der Waals surface area contributed by atoms with E-state index < -0.39 is 0 Å². The second kappa shape index (κ2) is 4.95. The second-order valence-electron chi connectivity index (χ2n) is 8.82. The molecule has 4 rings (SSSR count). The Hall–Kier alpha value is -1.09. The van der Waals surface area contributed by atoms with Gasteiger partial charge >= 0.3 is 0 Å². The molecule has 0 aromatic carbocycles. The van der Waals surface area contributed by atoms with Gasteiger partial charge in [-0.25, -0.2) is 0 Å². The maximum absolute atomic E-state index is 12.0. The van der Waals surface area contributed by atoms with Crippen LogP contribution in [0.15, 0.2) is 23.4 Å². The third-order valence-electron chi connectivity index (χ3n) is 8.13. The van der Waals surface area contributed by atoms with E-state index in [0.29, 0.717) is 42.4 Å². The maximum Gasteiger partial charge on any atom is 0.178 e. The summed E-state index contributed by atoms with van der Waals surface area (Å²) >= 11 is 0. The predicted octanol–water partition coefficient (Wildman–Crippen LogP) is 3.19. The Balaban J connectivity index is 1.75. The van der Waals surface area contributed by atoms with Gasteiger partial charge in [-0.15, -0.1) is 0 Å². The number of aliphatic hydroxyl groups is 1. The third-order valence-corrected chi connectivity index (χ3v) is 8.13. The average Bonchev–Trinajstić information content (AvgIpc) is 2.88. The minimum atomic E-state index is 0.0655. The van der Waals surface area contributed by atoms with E-state index in [0.717, 1.165) is 18.4 Å². The normalized spacial score (nSPS) is 48.9. The Labute approximate surface area is 139 Å². The number of hydrogen-bond donors (Lipinski definition) is 2. The molecule has 23 heavy (non-hydrogen) atoms. The molecule has 4 aliphatic carbocycles. The molecule has 0 amide bonds. The van der Waals surface area contributed by atoms with Gasteiger partial charge in [0.05, 0.1) is 5.70 Å². The molecule has 0 spiro atoms. The van der Waals surface area contributed by atoms with E-state index in [4.69, 9.17) is 5.73 Å². The number of ketones is 1. The van der Waals surface area contributed by atoms with Crippen LogP contribution in [0.25, 0.3) is 0 Å². The zero-order valence-corrected chi connectivity index (χ0v) is 14.3. The lowest BCUT2D eigenvalue weighted by atomic mass is 9.48. The monoisotopic (exact) mass is 315 g/mol. The summed E-state index contributed by atoms with van der Waals surface area (Å²) in [7, 11) is 0. The number of hydrogen-bond acceptors (Lipinski definition) is 3. The van der Waals surface area contributed by atoms with Crippen LogP contribution in [-0.4, -0.2) is 17.5 Å². The van der Waals surface area contributed by atoms with Gasteiger partial charge in [0.15, 0.2) is 5.78 Å². The molecule has 0 aliphatic heterocycles. The number of nitrogens with two attached hydrogens (primary N) is 1. The van der Waals surface area contributed by atoms with Crippen molar-refractivity contribution < 1.29 is 9.90 Å². The van der Waals surface area contributed by atoms with E-state index in [1.54, 1.807) is 0 Å². The van der Waals surface area contributed by atoms with E-state index >= 15 is 0 Å². The van der Waals surface area contributed by atoms with Crippen LogP contribution in [0.3, 0.4) is 0 Å². The summed E-state index contributed by atoms with van der Waals surface area (Å²) in [5, 5.41) is 9.79. The van der Waals surface area contributed by atoms with Crippen LogP contribution < -0.4 is 5.73 Å². The highest BCUT2D eigenvalue weighted by atomic mass is 16.3. The maximum atomic E-state index is 12.0. The van der Waals surface area contributed by atoms with E-state index in [2.05, 4.69) is 26.0 Å². The molecule has 6 atom stereocenters. The van der Waals surface area contributed by atoms with Crippen LogP contribution in [0.2, 0.25) is 0 Å². The van der Waals surface area contributed by atoms with Gasteiger partial charge in [0.25, 0.3) is 0 Å². The Morgan fingerprint density at radius 1 is 1.22 bits per heavy atom. The summed E-state index contributed by atoms with van der Waals surface area (Å²) in [6.45, 7) is 5.07. The molecule has 2 fully saturated rings. The SMILES string of the molecule is C[C@]12CC[C@H]3[C@@H](C=CC4=C(N)C(=O)CC[C@@]43C)[C@@H]1CC[C@@H]2CO. The fraction of sp³-hybridized carbons (Fsp3) is 0.750. The second-order valence-corrected chi connectivity index (χ2v) is 8.82. The van der Waals surface area contributed by atoms with Crippen molar-refractivity contribution in [1.82, 2.24) is 0 Å². The molecular formula is C20H29NO2. The number of fused-ring (bicyclic) bond motifs is 5. The molecule has 0 radical (unpaired) electrons. The van der Waals surface area contributed by atoms with Gasteiger partial charge in [0.1, 0.15) is 0 Å². The lowest BCUT2D eigenvalue weighted by Crippen LogP contribution is -2.50. The Morgan fingerprint density at radius 3 is 2.74 bits per heavy atom. The first-order chi connectivity index (χ1) is 10.9. The van der Waals surface area contributed by atoms with Crippen molar-refractivity contribution in [3.8, 4) is 0 Å². The number of Topliss-reactive ketones (excluding diaryl/α,β-unsaturated/α-hetero) is 1. The summed E-state index contributed by atoms with van der Waals surface area (Å²) in [6, 6.07) is 0. The Bertz CT molecular complexity index is 607. The molecule has 2 saturated carbocycles. The standard InChI is InChI=1S/C20H29NO2/c1-19-9-7-15-13(14(19)5-3-12(19)11-22)4-6-16-18(21)17(23)8-10-20(15,16)2/h4,6,12-15,22H,3,5,7-11,21H2,1-2H3/t12-,13+,14+,15+,19-,20-/m1/s1. The molecule has 4 aliphatic rings. The van der Waals surface area contributed by atoms with Crippen LogP contribution in [0, 0.1) is 34.5 Å². The lowest BCUT2D eigenvalue weighted by molar-refractivity contribution is -0.117. The van der Waals surface area contributed by atoms with Crippen molar-refractivity contribution in [2.45, 2.75) is 52.4 Å². The highest BCUT2D eigenvalue weighted by Crippen LogP contribution is 2.65. The quantitative estimate of drug-likeness (QED) is 0.781. The van der Waals surface area contributed by atoms with Crippen molar-refractivity contribution >= 4 is 5.78 Å². The number of carbonyl (C=O) groups excluding carboxylic acids is 1. The smallest absolute Gasteiger partial charge is 0.178 e. The number of rotatable bonds is 1. The van der Waals surface area contributed by atoms with Gasteiger partial charge in [0, 0.05) is 13.0 Å². The number of aliphatic hydroxyl groups excluding tert-OH is 1. The van der Waals surface area contributed by atoms with Crippen LogP contribution in [0.5, 0.6) is 0 Å². The Kier molecular flexibility index (Phi) is 3.32. The van der Waals surface area contributed by atoms with Gasteiger partial charge in [-0.3, -0.25) is 4.79 Å². The van der Waals surface area contributed by atoms with Crippen molar-refractivity contribution in [3.63, 3.8) is 0 Å². The van der Waals surface area contributed by atoms with Gasteiger partial charge in [-0.05, 0) is 72.2 Å². The first-order valence-electron chi connectivity index (χ1n) is 9.24. The molecule has 0 aromatic rings.